The second kappa shape index (κ2) is 5.75. The number of thiophene rings is 1. The molecule has 102 valence electrons. The summed E-state index contributed by atoms with van der Waals surface area (Å²) in [5.74, 6) is -3.72. The van der Waals surface area contributed by atoms with Gasteiger partial charge in [0, 0.05) is 15.3 Å². The van der Waals surface area contributed by atoms with E-state index < -0.39 is 23.5 Å². The van der Waals surface area contributed by atoms with Gasteiger partial charge in [0.05, 0.1) is 6.04 Å². The zero-order chi connectivity index (χ0) is 14.0. The summed E-state index contributed by atoms with van der Waals surface area (Å²) >= 11 is 1.50. The van der Waals surface area contributed by atoms with Gasteiger partial charge in [-0.25, -0.2) is 13.2 Å². The number of hydrogen-bond acceptors (Lipinski definition) is 2. The molecule has 0 fully saturated rings. The summed E-state index contributed by atoms with van der Waals surface area (Å²) in [5.41, 5.74) is 0.127. The molecule has 1 nitrogen and oxygen atoms in total. The van der Waals surface area contributed by atoms with Gasteiger partial charge in [0.1, 0.15) is 0 Å². The van der Waals surface area contributed by atoms with E-state index >= 15 is 0 Å². The maximum absolute atomic E-state index is 13.9. The van der Waals surface area contributed by atoms with Crippen LogP contribution in [0.25, 0.3) is 0 Å². The van der Waals surface area contributed by atoms with Gasteiger partial charge < -0.3 is 5.32 Å². The monoisotopic (exact) mass is 285 g/mol. The van der Waals surface area contributed by atoms with Crippen LogP contribution in [0.5, 0.6) is 0 Å². The number of aryl methyl sites for hydroxylation is 1. The predicted octanol–water partition coefficient (Wildman–Crippen LogP) is 4.17. The molecule has 19 heavy (non-hydrogen) atoms. The zero-order valence-electron chi connectivity index (χ0n) is 10.6. The molecule has 0 aliphatic carbocycles. The van der Waals surface area contributed by atoms with Crippen LogP contribution in [0, 0.1) is 24.4 Å². The fourth-order valence-electron chi connectivity index (χ4n) is 1.94. The SMILES string of the molecule is CCNC(c1ccc(C)s1)c1ccc(F)c(F)c1F. The minimum absolute atomic E-state index is 0.127. The third-order valence-corrected chi connectivity index (χ3v) is 3.90. The second-order valence-corrected chi connectivity index (χ2v) is 5.52. The van der Waals surface area contributed by atoms with Crippen molar-refractivity contribution in [2.45, 2.75) is 19.9 Å². The Morgan fingerprint density at radius 2 is 1.84 bits per heavy atom. The fourth-order valence-corrected chi connectivity index (χ4v) is 2.91. The minimum Gasteiger partial charge on any atom is -0.306 e. The molecular formula is C14H14F3NS. The predicted molar refractivity (Wildman–Crippen MR) is 70.9 cm³/mol. The number of nitrogens with one attached hydrogen (secondary N) is 1. The van der Waals surface area contributed by atoms with Crippen LogP contribution in [-0.4, -0.2) is 6.54 Å². The lowest BCUT2D eigenvalue weighted by Gasteiger charge is -2.18. The number of hydrogen-bond donors (Lipinski definition) is 1. The number of halogens is 3. The molecule has 0 saturated heterocycles. The van der Waals surface area contributed by atoms with Crippen LogP contribution in [-0.2, 0) is 0 Å². The van der Waals surface area contributed by atoms with Gasteiger partial charge in [-0.2, -0.15) is 0 Å². The molecule has 0 spiro atoms. The van der Waals surface area contributed by atoms with E-state index in [1.165, 1.54) is 17.4 Å². The van der Waals surface area contributed by atoms with E-state index in [1.54, 1.807) is 0 Å². The molecule has 1 aromatic heterocycles. The molecule has 1 atom stereocenters. The topological polar surface area (TPSA) is 12.0 Å². The molecular weight excluding hydrogens is 271 g/mol. The molecule has 0 radical (unpaired) electrons. The fraction of sp³-hybridized carbons (Fsp3) is 0.286. The maximum atomic E-state index is 13.9. The van der Waals surface area contributed by atoms with E-state index in [0.29, 0.717) is 6.54 Å². The van der Waals surface area contributed by atoms with Crippen LogP contribution < -0.4 is 5.32 Å². The van der Waals surface area contributed by atoms with Crippen molar-refractivity contribution in [1.82, 2.24) is 5.32 Å². The van der Waals surface area contributed by atoms with Crippen molar-refractivity contribution in [3.63, 3.8) is 0 Å². The summed E-state index contributed by atoms with van der Waals surface area (Å²) < 4.78 is 40.2. The standard InChI is InChI=1S/C14H14F3NS/c1-3-18-14(11-7-4-8(2)19-11)9-5-6-10(15)13(17)12(9)16/h4-7,14,18H,3H2,1-2H3. The van der Waals surface area contributed by atoms with Crippen LogP contribution in [0.15, 0.2) is 24.3 Å². The lowest BCUT2D eigenvalue weighted by molar-refractivity contribution is 0.434. The van der Waals surface area contributed by atoms with Crippen molar-refractivity contribution >= 4 is 11.3 Å². The molecule has 0 amide bonds. The molecule has 0 aliphatic heterocycles. The first kappa shape index (κ1) is 14.1. The van der Waals surface area contributed by atoms with Gasteiger partial charge in [0.25, 0.3) is 0 Å². The number of benzene rings is 1. The van der Waals surface area contributed by atoms with Gasteiger partial charge in [-0.1, -0.05) is 13.0 Å². The van der Waals surface area contributed by atoms with Gasteiger partial charge in [-0.3, -0.25) is 0 Å². The van der Waals surface area contributed by atoms with E-state index in [4.69, 9.17) is 0 Å². The van der Waals surface area contributed by atoms with E-state index in [1.807, 2.05) is 26.0 Å². The van der Waals surface area contributed by atoms with Crippen molar-refractivity contribution < 1.29 is 13.2 Å². The molecule has 1 N–H and O–H groups in total. The van der Waals surface area contributed by atoms with E-state index in [9.17, 15) is 13.2 Å². The third-order valence-electron chi connectivity index (χ3n) is 2.83. The van der Waals surface area contributed by atoms with Crippen molar-refractivity contribution in [3.8, 4) is 0 Å². The molecule has 1 aromatic carbocycles. The first-order chi connectivity index (χ1) is 9.04. The van der Waals surface area contributed by atoms with Gasteiger partial charge in [-0.05, 0) is 31.7 Å². The van der Waals surface area contributed by atoms with Crippen LogP contribution in [0.4, 0.5) is 13.2 Å². The van der Waals surface area contributed by atoms with Crippen LogP contribution in [0.2, 0.25) is 0 Å². The summed E-state index contributed by atoms with van der Waals surface area (Å²) in [4.78, 5) is 1.96. The Bertz CT molecular complexity index is 580. The molecule has 0 aliphatic rings. The van der Waals surface area contributed by atoms with Crippen LogP contribution >= 0.6 is 11.3 Å². The van der Waals surface area contributed by atoms with Gasteiger partial charge in [0.15, 0.2) is 17.5 Å². The van der Waals surface area contributed by atoms with Crippen molar-refractivity contribution in [1.29, 1.82) is 0 Å². The summed E-state index contributed by atoms with van der Waals surface area (Å²) in [6.45, 7) is 4.42. The van der Waals surface area contributed by atoms with Crippen molar-refractivity contribution in [2.24, 2.45) is 0 Å². The summed E-state index contributed by atoms with van der Waals surface area (Å²) in [6.07, 6.45) is 0. The molecule has 2 aromatic rings. The minimum atomic E-state index is -1.42. The molecule has 5 heteroatoms. The lowest BCUT2D eigenvalue weighted by Crippen LogP contribution is -2.22. The Morgan fingerprint density at radius 1 is 1.11 bits per heavy atom. The smallest absolute Gasteiger partial charge is 0.194 e. The van der Waals surface area contributed by atoms with E-state index in [-0.39, 0.29) is 5.56 Å². The second-order valence-electron chi connectivity index (χ2n) is 4.20. The molecule has 0 saturated carbocycles. The molecule has 1 heterocycles. The Hall–Kier alpha value is -1.33. The molecule has 0 bridgehead atoms. The lowest BCUT2D eigenvalue weighted by atomic mass is 10.0. The molecule has 2 rings (SSSR count). The first-order valence-corrected chi connectivity index (χ1v) is 6.79. The third kappa shape index (κ3) is 2.82. The van der Waals surface area contributed by atoms with Crippen molar-refractivity contribution in [3.05, 3.63) is 57.0 Å². The Labute approximate surface area is 114 Å². The summed E-state index contributed by atoms with van der Waals surface area (Å²) in [7, 11) is 0. The quantitative estimate of drug-likeness (QED) is 0.831. The Kier molecular flexibility index (Phi) is 4.27. The highest BCUT2D eigenvalue weighted by atomic mass is 32.1. The van der Waals surface area contributed by atoms with Crippen LogP contribution in [0.3, 0.4) is 0 Å². The largest absolute Gasteiger partial charge is 0.306 e. The van der Waals surface area contributed by atoms with E-state index in [2.05, 4.69) is 5.32 Å². The summed E-state index contributed by atoms with van der Waals surface area (Å²) in [6, 6.07) is 5.57. The average Bonchev–Trinajstić information content (AvgIpc) is 2.81. The van der Waals surface area contributed by atoms with Crippen molar-refractivity contribution in [2.75, 3.05) is 6.54 Å². The van der Waals surface area contributed by atoms with Gasteiger partial charge in [-0.15, -0.1) is 11.3 Å². The summed E-state index contributed by atoms with van der Waals surface area (Å²) in [5, 5.41) is 3.10. The van der Waals surface area contributed by atoms with E-state index in [0.717, 1.165) is 15.8 Å². The normalized spacial score (nSPS) is 12.7. The van der Waals surface area contributed by atoms with Gasteiger partial charge >= 0.3 is 0 Å². The zero-order valence-corrected chi connectivity index (χ0v) is 11.5. The Balaban J connectivity index is 2.48. The highest BCUT2D eigenvalue weighted by Gasteiger charge is 2.22. The highest BCUT2D eigenvalue weighted by Crippen LogP contribution is 2.31. The first-order valence-electron chi connectivity index (χ1n) is 5.97. The van der Waals surface area contributed by atoms with Gasteiger partial charge in [0.2, 0.25) is 0 Å². The Morgan fingerprint density at radius 3 is 2.42 bits per heavy atom. The molecule has 1 unspecified atom stereocenters. The average molecular weight is 285 g/mol. The number of rotatable bonds is 4. The highest BCUT2D eigenvalue weighted by molar-refractivity contribution is 7.12. The maximum Gasteiger partial charge on any atom is 0.194 e. The van der Waals surface area contributed by atoms with Crippen LogP contribution in [0.1, 0.15) is 28.3 Å².